The van der Waals surface area contributed by atoms with Crippen LogP contribution in [0.25, 0.3) is 6.08 Å². The summed E-state index contributed by atoms with van der Waals surface area (Å²) in [6.07, 6.45) is 3.87. The van der Waals surface area contributed by atoms with Gasteiger partial charge < -0.3 is 5.11 Å². The van der Waals surface area contributed by atoms with Crippen LogP contribution in [0.4, 0.5) is 4.39 Å². The van der Waals surface area contributed by atoms with Crippen LogP contribution in [0.5, 0.6) is 0 Å². The van der Waals surface area contributed by atoms with Crippen molar-refractivity contribution in [3.05, 3.63) is 64.6 Å². The number of carbonyl (C=O) groups is 1. The Hall–Kier alpha value is -1.85. The zero-order chi connectivity index (χ0) is 15.2. The van der Waals surface area contributed by atoms with Gasteiger partial charge in [0.2, 0.25) is 0 Å². The number of pyridine rings is 1. The van der Waals surface area contributed by atoms with E-state index < -0.39 is 5.97 Å². The number of benzene rings is 1. The third-order valence-electron chi connectivity index (χ3n) is 2.57. The van der Waals surface area contributed by atoms with Crippen molar-refractivity contribution in [2.45, 2.75) is 10.8 Å². The lowest BCUT2D eigenvalue weighted by Crippen LogP contribution is -1.90. The SMILES string of the molecule is O=C(O)C=Cc1ccc(CSc2ccc(Cl)cn2)c(F)c1. The van der Waals surface area contributed by atoms with Gasteiger partial charge in [-0.1, -0.05) is 23.7 Å². The largest absolute Gasteiger partial charge is 0.478 e. The number of halogens is 2. The molecule has 0 unspecified atom stereocenters. The van der Waals surface area contributed by atoms with Crippen LogP contribution < -0.4 is 0 Å². The maximum absolute atomic E-state index is 13.9. The molecular weight excluding hydrogens is 313 g/mol. The smallest absolute Gasteiger partial charge is 0.328 e. The number of thioether (sulfide) groups is 1. The normalized spacial score (nSPS) is 11.0. The average Bonchev–Trinajstić information content (AvgIpc) is 2.46. The number of carboxylic acid groups (broad SMARTS) is 1. The van der Waals surface area contributed by atoms with Crippen molar-refractivity contribution >= 4 is 35.4 Å². The number of hydrogen-bond donors (Lipinski definition) is 1. The quantitative estimate of drug-likeness (QED) is 0.659. The van der Waals surface area contributed by atoms with Gasteiger partial charge in [-0.05, 0) is 35.4 Å². The molecule has 1 aromatic heterocycles. The standard InChI is InChI=1S/C15H11ClFNO2S/c16-12-4-5-14(18-8-12)21-9-11-3-1-10(7-13(11)17)2-6-15(19)20/h1-8H,9H2,(H,19,20). The molecule has 21 heavy (non-hydrogen) atoms. The highest BCUT2D eigenvalue weighted by molar-refractivity contribution is 7.98. The molecule has 1 aromatic carbocycles. The van der Waals surface area contributed by atoms with Gasteiger partial charge in [-0.3, -0.25) is 0 Å². The summed E-state index contributed by atoms with van der Waals surface area (Å²) in [6, 6.07) is 8.13. The second kappa shape index (κ2) is 7.24. The summed E-state index contributed by atoms with van der Waals surface area (Å²) in [5, 5.41) is 9.84. The van der Waals surface area contributed by atoms with Crippen molar-refractivity contribution in [2.75, 3.05) is 0 Å². The Morgan fingerprint density at radius 2 is 2.19 bits per heavy atom. The summed E-state index contributed by atoms with van der Waals surface area (Å²) in [5.74, 6) is -1.00. The van der Waals surface area contributed by atoms with Gasteiger partial charge in [0, 0.05) is 18.0 Å². The molecule has 108 valence electrons. The first-order valence-corrected chi connectivity index (χ1v) is 7.35. The Balaban J connectivity index is 2.04. The molecule has 0 amide bonds. The third-order valence-corrected chi connectivity index (χ3v) is 3.79. The number of hydrogen-bond acceptors (Lipinski definition) is 3. The molecule has 0 saturated heterocycles. The van der Waals surface area contributed by atoms with Crippen LogP contribution in [0.3, 0.4) is 0 Å². The van der Waals surface area contributed by atoms with E-state index in [0.717, 1.165) is 11.1 Å². The number of nitrogens with zero attached hydrogens (tertiary/aromatic N) is 1. The Bertz CT molecular complexity index is 674. The van der Waals surface area contributed by atoms with E-state index in [1.165, 1.54) is 23.9 Å². The lowest BCUT2D eigenvalue weighted by Gasteiger charge is -2.04. The first-order valence-electron chi connectivity index (χ1n) is 5.98. The van der Waals surface area contributed by atoms with Crippen molar-refractivity contribution in [2.24, 2.45) is 0 Å². The fourth-order valence-corrected chi connectivity index (χ4v) is 2.49. The first kappa shape index (κ1) is 15.5. The van der Waals surface area contributed by atoms with Gasteiger partial charge >= 0.3 is 5.97 Å². The minimum atomic E-state index is -1.07. The zero-order valence-electron chi connectivity index (χ0n) is 10.8. The molecule has 6 heteroatoms. The highest BCUT2D eigenvalue weighted by Gasteiger charge is 2.05. The summed E-state index contributed by atoms with van der Waals surface area (Å²) in [5.41, 5.74) is 1.04. The molecule has 0 aliphatic rings. The highest BCUT2D eigenvalue weighted by Crippen LogP contribution is 2.24. The average molecular weight is 324 g/mol. The minimum absolute atomic E-state index is 0.371. The molecule has 1 N–H and O–H groups in total. The lowest BCUT2D eigenvalue weighted by atomic mass is 10.1. The van der Waals surface area contributed by atoms with Crippen molar-refractivity contribution in [1.82, 2.24) is 4.98 Å². The Labute approximate surface area is 130 Å². The van der Waals surface area contributed by atoms with Crippen LogP contribution in [0.1, 0.15) is 11.1 Å². The van der Waals surface area contributed by atoms with E-state index in [4.69, 9.17) is 16.7 Å². The number of carboxylic acids is 1. The number of rotatable bonds is 5. The van der Waals surface area contributed by atoms with Crippen molar-refractivity contribution in [3.8, 4) is 0 Å². The van der Waals surface area contributed by atoms with Crippen molar-refractivity contribution in [3.63, 3.8) is 0 Å². The summed E-state index contributed by atoms with van der Waals surface area (Å²) in [7, 11) is 0. The maximum atomic E-state index is 13.9. The van der Waals surface area contributed by atoms with Gasteiger partial charge in [0.1, 0.15) is 5.82 Å². The summed E-state index contributed by atoms with van der Waals surface area (Å²) < 4.78 is 13.9. The molecule has 0 spiro atoms. The van der Waals surface area contributed by atoms with Gasteiger partial charge in [0.15, 0.2) is 0 Å². The Morgan fingerprint density at radius 1 is 1.38 bits per heavy atom. The topological polar surface area (TPSA) is 50.2 Å². The first-order chi connectivity index (χ1) is 10.0. The fourth-order valence-electron chi connectivity index (χ4n) is 1.55. The van der Waals surface area contributed by atoms with Gasteiger partial charge in [-0.25, -0.2) is 14.2 Å². The van der Waals surface area contributed by atoms with Crippen molar-refractivity contribution < 1.29 is 14.3 Å². The molecule has 0 bridgehead atoms. The van der Waals surface area contributed by atoms with E-state index in [9.17, 15) is 9.18 Å². The second-order valence-electron chi connectivity index (χ2n) is 4.13. The molecule has 0 aliphatic heterocycles. The minimum Gasteiger partial charge on any atom is -0.478 e. The van der Waals surface area contributed by atoms with Crippen LogP contribution >= 0.6 is 23.4 Å². The maximum Gasteiger partial charge on any atom is 0.328 e. The van der Waals surface area contributed by atoms with Gasteiger partial charge in [-0.15, -0.1) is 11.8 Å². The van der Waals surface area contributed by atoms with Crippen LogP contribution in [0, 0.1) is 5.82 Å². The van der Waals surface area contributed by atoms with E-state index in [-0.39, 0.29) is 5.82 Å². The molecule has 2 rings (SSSR count). The van der Waals surface area contributed by atoms with Crippen LogP contribution in [0.2, 0.25) is 5.02 Å². The molecule has 2 aromatic rings. The van der Waals surface area contributed by atoms with E-state index >= 15 is 0 Å². The molecular formula is C15H11ClFNO2S. The summed E-state index contributed by atoms with van der Waals surface area (Å²) in [4.78, 5) is 14.5. The molecule has 0 aliphatic carbocycles. The van der Waals surface area contributed by atoms with E-state index in [1.54, 1.807) is 30.5 Å². The Kier molecular flexibility index (Phi) is 5.36. The van der Waals surface area contributed by atoms with Crippen LogP contribution in [0.15, 0.2) is 47.6 Å². The molecule has 0 fully saturated rings. The zero-order valence-corrected chi connectivity index (χ0v) is 12.4. The molecule has 1 heterocycles. The van der Waals surface area contributed by atoms with E-state index in [2.05, 4.69) is 4.98 Å². The Morgan fingerprint density at radius 3 is 2.81 bits per heavy atom. The highest BCUT2D eigenvalue weighted by atomic mass is 35.5. The number of aromatic nitrogens is 1. The third kappa shape index (κ3) is 4.88. The van der Waals surface area contributed by atoms with Gasteiger partial charge in [-0.2, -0.15) is 0 Å². The van der Waals surface area contributed by atoms with Gasteiger partial charge in [0.05, 0.1) is 10.0 Å². The molecule has 0 radical (unpaired) electrons. The second-order valence-corrected chi connectivity index (χ2v) is 5.56. The predicted molar refractivity (Wildman–Crippen MR) is 81.9 cm³/mol. The monoisotopic (exact) mass is 323 g/mol. The fraction of sp³-hybridized carbons (Fsp3) is 0.0667. The van der Waals surface area contributed by atoms with Crippen LogP contribution in [-0.2, 0) is 10.5 Å². The van der Waals surface area contributed by atoms with Crippen molar-refractivity contribution in [1.29, 1.82) is 0 Å². The summed E-state index contributed by atoms with van der Waals surface area (Å²) >= 11 is 7.14. The lowest BCUT2D eigenvalue weighted by molar-refractivity contribution is -0.131. The summed E-state index contributed by atoms with van der Waals surface area (Å²) in [6.45, 7) is 0. The van der Waals surface area contributed by atoms with Crippen LogP contribution in [-0.4, -0.2) is 16.1 Å². The molecule has 0 saturated carbocycles. The molecule has 3 nitrogen and oxygen atoms in total. The predicted octanol–water partition coefficient (Wildman–Crippen LogP) is 4.26. The van der Waals surface area contributed by atoms with Gasteiger partial charge in [0.25, 0.3) is 0 Å². The van der Waals surface area contributed by atoms with E-state index in [0.29, 0.717) is 21.9 Å². The number of aliphatic carboxylic acids is 1. The van der Waals surface area contributed by atoms with E-state index in [1.807, 2.05) is 0 Å². The molecule has 0 atom stereocenters.